The summed E-state index contributed by atoms with van der Waals surface area (Å²) in [5.41, 5.74) is 7.07. The first-order chi connectivity index (χ1) is 35.6. The van der Waals surface area contributed by atoms with Crippen LogP contribution in [0.25, 0.3) is 0 Å². The Hall–Kier alpha value is -8.89. The van der Waals surface area contributed by atoms with Gasteiger partial charge < -0.3 is 83.6 Å². The van der Waals surface area contributed by atoms with Gasteiger partial charge in [0.1, 0.15) is 59.8 Å². The minimum Gasteiger partial charge on any atom is -0.508 e. The SMILES string of the molecule is CC(C)[C@H](NC(=O)[C@H](CC(=O)O)NC(=O)[C@@H]1CCCN1C(=O)[C@@H](N)Cc1ccc(O)cc1)C(=O)N[C@@H](CC(=O)O)C(=O)N[C@@H](CC(=O)O)C(=O)N[C@@H](CC(=O)O)C(=O)N[C@@H](Cc1ccc(O)cc1)C(=O)N[C@@H](C)C(=O)O. The third kappa shape index (κ3) is 19.5. The van der Waals surface area contributed by atoms with Crippen molar-refractivity contribution in [1.82, 2.24) is 42.1 Å². The number of likely N-dealkylation sites (tertiary alicyclic amines) is 1. The summed E-state index contributed by atoms with van der Waals surface area (Å²) >= 11 is 0. The van der Waals surface area contributed by atoms with E-state index in [1.807, 2.05) is 10.6 Å². The fraction of sp³-hybridized carbons (Fsp3) is 0.468. The Balaban J connectivity index is 1.81. The first-order valence-corrected chi connectivity index (χ1v) is 23.4. The predicted octanol–water partition coefficient (Wildman–Crippen LogP) is -3.75. The highest BCUT2D eigenvalue weighted by Crippen LogP contribution is 2.21. The zero-order valence-electron chi connectivity index (χ0n) is 41.2. The van der Waals surface area contributed by atoms with E-state index < -0.39 is 163 Å². The highest BCUT2D eigenvalue weighted by molar-refractivity contribution is 6.00. The van der Waals surface area contributed by atoms with Gasteiger partial charge in [-0.05, 0) is 67.5 Å². The van der Waals surface area contributed by atoms with Crippen molar-refractivity contribution in [2.24, 2.45) is 11.7 Å². The van der Waals surface area contributed by atoms with E-state index in [-0.39, 0.29) is 37.3 Å². The lowest BCUT2D eigenvalue weighted by Gasteiger charge is -2.29. The molecule has 0 aliphatic carbocycles. The fourth-order valence-corrected chi connectivity index (χ4v) is 7.61. The molecule has 76 heavy (non-hydrogen) atoms. The number of carbonyl (C=O) groups excluding carboxylic acids is 8. The van der Waals surface area contributed by atoms with Crippen LogP contribution in [-0.2, 0) is 75.2 Å². The van der Waals surface area contributed by atoms with E-state index in [1.54, 1.807) is 12.1 Å². The third-order valence-electron chi connectivity index (χ3n) is 11.6. The summed E-state index contributed by atoms with van der Waals surface area (Å²) in [7, 11) is 0. The minimum absolute atomic E-state index is 0.0173. The molecule has 2 aromatic rings. The molecule has 1 aliphatic rings. The van der Waals surface area contributed by atoms with Crippen LogP contribution in [0.3, 0.4) is 0 Å². The third-order valence-corrected chi connectivity index (χ3v) is 11.6. The Kier molecular flexibility index (Phi) is 23.1. The van der Waals surface area contributed by atoms with Gasteiger partial charge in [-0.15, -0.1) is 0 Å². The maximum Gasteiger partial charge on any atom is 0.325 e. The number of nitrogens with one attached hydrogen (secondary N) is 7. The van der Waals surface area contributed by atoms with E-state index in [2.05, 4.69) is 26.6 Å². The molecule has 0 spiro atoms. The van der Waals surface area contributed by atoms with Gasteiger partial charge >= 0.3 is 29.8 Å². The molecule has 1 heterocycles. The van der Waals surface area contributed by atoms with Crippen LogP contribution in [0.1, 0.15) is 70.4 Å². The molecule has 2 aromatic carbocycles. The number of carboxylic acids is 5. The Morgan fingerprint density at radius 3 is 1.29 bits per heavy atom. The fourth-order valence-electron chi connectivity index (χ4n) is 7.61. The van der Waals surface area contributed by atoms with E-state index in [4.69, 9.17) is 5.73 Å². The number of amides is 8. The summed E-state index contributed by atoms with van der Waals surface area (Å²) in [6, 6.07) is -4.59. The van der Waals surface area contributed by atoms with Crippen molar-refractivity contribution in [3.8, 4) is 11.5 Å². The topological polar surface area (TPSA) is 477 Å². The number of aliphatic carboxylic acids is 5. The molecule has 0 aromatic heterocycles. The molecule has 1 saturated heterocycles. The lowest BCUT2D eigenvalue weighted by Crippen LogP contribution is -2.61. The van der Waals surface area contributed by atoms with Gasteiger partial charge in [0, 0.05) is 13.0 Å². The van der Waals surface area contributed by atoms with Crippen molar-refractivity contribution in [3.63, 3.8) is 0 Å². The van der Waals surface area contributed by atoms with Crippen molar-refractivity contribution < 1.29 is 98.1 Å². The molecule has 0 saturated carbocycles. The summed E-state index contributed by atoms with van der Waals surface area (Å²) in [6.45, 7) is 3.94. The summed E-state index contributed by atoms with van der Waals surface area (Å²) in [5, 5.41) is 82.1. The van der Waals surface area contributed by atoms with Gasteiger partial charge in [-0.3, -0.25) is 62.3 Å². The second kappa shape index (κ2) is 28.5. The Morgan fingerprint density at radius 1 is 0.513 bits per heavy atom. The Bertz CT molecular complexity index is 2510. The Labute approximate surface area is 432 Å². The van der Waals surface area contributed by atoms with Crippen molar-refractivity contribution in [2.45, 2.75) is 127 Å². The van der Waals surface area contributed by atoms with Crippen LogP contribution in [-0.4, -0.2) is 179 Å². The monoisotopic (exact) mass is 1070 g/mol. The molecule has 0 unspecified atom stereocenters. The molecule has 0 radical (unpaired) electrons. The predicted molar refractivity (Wildman–Crippen MR) is 257 cm³/mol. The summed E-state index contributed by atoms with van der Waals surface area (Å²) in [5.74, 6) is -19.0. The van der Waals surface area contributed by atoms with E-state index in [1.165, 1.54) is 55.1 Å². The van der Waals surface area contributed by atoms with Crippen LogP contribution in [0.15, 0.2) is 48.5 Å². The van der Waals surface area contributed by atoms with Gasteiger partial charge in [-0.25, -0.2) is 0 Å². The van der Waals surface area contributed by atoms with E-state index >= 15 is 0 Å². The number of benzene rings is 2. The molecule has 3 rings (SSSR count). The average Bonchev–Trinajstić information content (AvgIpc) is 3.83. The molecule has 8 amide bonds. The molecule has 414 valence electrons. The molecule has 16 N–H and O–H groups in total. The number of hydrogen-bond donors (Lipinski definition) is 15. The molecular formula is C47H61N9O20. The second-order valence-corrected chi connectivity index (χ2v) is 18.0. The van der Waals surface area contributed by atoms with Crippen LogP contribution in [0.4, 0.5) is 0 Å². The smallest absolute Gasteiger partial charge is 0.325 e. The molecule has 29 nitrogen and oxygen atoms in total. The van der Waals surface area contributed by atoms with Crippen LogP contribution >= 0.6 is 0 Å². The van der Waals surface area contributed by atoms with Gasteiger partial charge in [-0.1, -0.05) is 38.1 Å². The number of nitrogens with two attached hydrogens (primary N) is 1. The number of phenols is 2. The number of carboxylic acid groups (broad SMARTS) is 5. The van der Waals surface area contributed by atoms with Gasteiger partial charge in [0.25, 0.3) is 0 Å². The van der Waals surface area contributed by atoms with Gasteiger partial charge in [0.2, 0.25) is 47.3 Å². The zero-order chi connectivity index (χ0) is 57.1. The highest BCUT2D eigenvalue weighted by atomic mass is 16.4. The number of carbonyl (C=O) groups is 13. The highest BCUT2D eigenvalue weighted by Gasteiger charge is 2.40. The quantitative estimate of drug-likeness (QED) is 0.0372. The minimum atomic E-state index is -2.24. The first-order valence-electron chi connectivity index (χ1n) is 23.4. The van der Waals surface area contributed by atoms with E-state index in [0.29, 0.717) is 17.5 Å². The normalized spacial score (nSPS) is 16.1. The first kappa shape index (κ1) is 61.4. The molecule has 9 atom stereocenters. The van der Waals surface area contributed by atoms with Gasteiger partial charge in [0.15, 0.2) is 0 Å². The molecular weight excluding hydrogens is 1010 g/mol. The summed E-state index contributed by atoms with van der Waals surface area (Å²) < 4.78 is 0. The number of hydrogen-bond acceptors (Lipinski definition) is 16. The van der Waals surface area contributed by atoms with Crippen molar-refractivity contribution in [1.29, 1.82) is 0 Å². The largest absolute Gasteiger partial charge is 0.508 e. The van der Waals surface area contributed by atoms with Crippen LogP contribution in [0.2, 0.25) is 0 Å². The molecule has 29 heteroatoms. The van der Waals surface area contributed by atoms with Crippen molar-refractivity contribution in [2.75, 3.05) is 6.54 Å². The number of phenolic OH excluding ortho intramolecular Hbond substituents is 2. The molecule has 1 aliphatic heterocycles. The van der Waals surface area contributed by atoms with Crippen molar-refractivity contribution in [3.05, 3.63) is 59.7 Å². The lowest BCUT2D eigenvalue weighted by atomic mass is 10.0. The second-order valence-electron chi connectivity index (χ2n) is 18.0. The number of rotatable bonds is 29. The maximum absolute atomic E-state index is 13.8. The standard InChI is InChI=1S/C47H61N9O20/c1-21(2)38(55-43(71)32(20-37(65)66)53-44(72)33-5-4-14-56(33)46(74)27(48)15-23-6-10-25(57)11-7-23)45(73)54-31(19-36(63)64)42(70)52-30(18-35(61)62)41(69)51-29(17-34(59)60)40(68)50-28(39(67)49-22(3)47(75)76)16-24-8-12-26(58)13-9-24/h6-13,21-22,27-33,38,57-58H,4-5,14-20,48H2,1-3H3,(H,49,67)(H,50,68)(H,51,69)(H,52,70)(H,53,72)(H,54,73)(H,55,71)(H,59,60)(H,61,62)(H,63,64)(H,65,66)(H,75,76)/t22-,27-,28-,29-,30-,31-,32-,33-,38-/m0/s1. The number of nitrogens with zero attached hydrogens (tertiary/aromatic N) is 1. The van der Waals surface area contributed by atoms with Crippen LogP contribution < -0.4 is 43.0 Å². The van der Waals surface area contributed by atoms with Crippen LogP contribution in [0, 0.1) is 5.92 Å². The van der Waals surface area contributed by atoms with Crippen LogP contribution in [0.5, 0.6) is 11.5 Å². The average molecular weight is 1070 g/mol. The van der Waals surface area contributed by atoms with Gasteiger partial charge in [-0.2, -0.15) is 0 Å². The summed E-state index contributed by atoms with van der Waals surface area (Å²) in [6.07, 6.45) is -4.73. The van der Waals surface area contributed by atoms with E-state index in [0.717, 1.165) is 6.92 Å². The molecule has 1 fully saturated rings. The zero-order valence-corrected chi connectivity index (χ0v) is 41.2. The van der Waals surface area contributed by atoms with E-state index in [9.17, 15) is 98.1 Å². The number of aromatic hydroxyl groups is 2. The van der Waals surface area contributed by atoms with Crippen molar-refractivity contribution >= 4 is 77.1 Å². The molecule has 0 bridgehead atoms. The lowest BCUT2D eigenvalue weighted by molar-refractivity contribution is -0.145. The summed E-state index contributed by atoms with van der Waals surface area (Å²) in [4.78, 5) is 169. The van der Waals surface area contributed by atoms with Gasteiger partial charge in [0.05, 0.1) is 31.7 Å². The maximum atomic E-state index is 13.8. The Morgan fingerprint density at radius 2 is 0.882 bits per heavy atom.